The molecule has 1 atom stereocenters. The van der Waals surface area contributed by atoms with Crippen LogP contribution in [0.3, 0.4) is 0 Å². The van der Waals surface area contributed by atoms with Crippen LogP contribution in [0.5, 0.6) is 0 Å². The Labute approximate surface area is 117 Å². The highest BCUT2D eigenvalue weighted by Gasteiger charge is 2.19. The first-order valence-corrected chi connectivity index (χ1v) is 6.41. The first-order chi connectivity index (χ1) is 9.09. The van der Waals surface area contributed by atoms with Crippen molar-refractivity contribution in [1.29, 1.82) is 0 Å². The van der Waals surface area contributed by atoms with Crippen molar-refractivity contribution in [3.63, 3.8) is 0 Å². The molecule has 0 aliphatic heterocycles. The number of likely N-dealkylation sites (N-methyl/N-ethyl adjacent to an activating group) is 1. The maximum absolute atomic E-state index is 10.4. The van der Waals surface area contributed by atoms with Gasteiger partial charge in [0.05, 0.1) is 23.5 Å². The molecule has 19 heavy (non-hydrogen) atoms. The number of aliphatic hydroxyl groups excluding tert-OH is 1. The Hall–Kier alpha value is -1.43. The number of aliphatic hydroxyl groups is 1. The Bertz CT molecular complexity index is 527. The van der Waals surface area contributed by atoms with Crippen LogP contribution in [0.4, 0.5) is 0 Å². The molecule has 102 valence electrons. The summed E-state index contributed by atoms with van der Waals surface area (Å²) in [7, 11) is 3.98. The van der Waals surface area contributed by atoms with Crippen LogP contribution in [0.1, 0.15) is 17.4 Å². The predicted molar refractivity (Wildman–Crippen MR) is 74.1 cm³/mol. The molecule has 0 aliphatic rings. The maximum Gasteiger partial charge on any atom is 0.122 e. The lowest BCUT2D eigenvalue weighted by Gasteiger charge is -2.16. The average Bonchev–Trinajstić information content (AvgIpc) is 2.78. The fourth-order valence-electron chi connectivity index (χ4n) is 1.82. The molecule has 0 radical (unpaired) electrons. The Morgan fingerprint density at radius 3 is 2.68 bits per heavy atom. The SMILES string of the molecule is CN(C)CCn1ncc(Cl)c1C(O)c1ccncc1. The predicted octanol–water partition coefficient (Wildman–Crippen LogP) is 1.57. The molecule has 1 unspecified atom stereocenters. The lowest BCUT2D eigenvalue weighted by atomic mass is 10.1. The largest absolute Gasteiger partial charge is 0.382 e. The van der Waals surface area contributed by atoms with E-state index in [-0.39, 0.29) is 0 Å². The summed E-state index contributed by atoms with van der Waals surface area (Å²) in [4.78, 5) is 5.99. The van der Waals surface area contributed by atoms with Crippen molar-refractivity contribution in [2.45, 2.75) is 12.6 Å². The molecule has 0 spiro atoms. The van der Waals surface area contributed by atoms with E-state index >= 15 is 0 Å². The molecule has 2 heterocycles. The minimum Gasteiger partial charge on any atom is -0.382 e. The van der Waals surface area contributed by atoms with Crippen LogP contribution in [0, 0.1) is 0 Å². The first-order valence-electron chi connectivity index (χ1n) is 6.03. The summed E-state index contributed by atoms with van der Waals surface area (Å²) in [6.45, 7) is 1.51. The Morgan fingerprint density at radius 1 is 1.37 bits per heavy atom. The number of pyridine rings is 1. The quantitative estimate of drug-likeness (QED) is 0.903. The zero-order chi connectivity index (χ0) is 13.8. The van der Waals surface area contributed by atoms with Gasteiger partial charge in [0.15, 0.2) is 0 Å². The van der Waals surface area contributed by atoms with Gasteiger partial charge in [-0.3, -0.25) is 9.67 Å². The summed E-state index contributed by atoms with van der Waals surface area (Å²) >= 11 is 6.13. The third kappa shape index (κ3) is 3.32. The van der Waals surface area contributed by atoms with E-state index < -0.39 is 6.10 Å². The second kappa shape index (κ2) is 6.14. The minimum atomic E-state index is -0.792. The van der Waals surface area contributed by atoms with Gasteiger partial charge in [0.25, 0.3) is 0 Å². The molecule has 5 nitrogen and oxygen atoms in total. The lowest BCUT2D eigenvalue weighted by Crippen LogP contribution is -2.21. The van der Waals surface area contributed by atoms with E-state index in [0.29, 0.717) is 17.3 Å². The fourth-order valence-corrected chi connectivity index (χ4v) is 2.06. The van der Waals surface area contributed by atoms with Crippen molar-refractivity contribution in [1.82, 2.24) is 19.7 Å². The van der Waals surface area contributed by atoms with Crippen LogP contribution < -0.4 is 0 Å². The second-order valence-corrected chi connectivity index (χ2v) is 4.99. The zero-order valence-corrected chi connectivity index (χ0v) is 11.7. The third-order valence-electron chi connectivity index (χ3n) is 2.87. The van der Waals surface area contributed by atoms with E-state index in [9.17, 15) is 5.11 Å². The Balaban J connectivity index is 2.26. The topological polar surface area (TPSA) is 54.2 Å². The fraction of sp³-hybridized carbons (Fsp3) is 0.385. The summed E-state index contributed by atoms with van der Waals surface area (Å²) < 4.78 is 1.74. The minimum absolute atomic E-state index is 0.475. The van der Waals surface area contributed by atoms with E-state index in [1.165, 1.54) is 0 Å². The molecule has 0 aliphatic carbocycles. The van der Waals surface area contributed by atoms with Crippen LogP contribution in [0.15, 0.2) is 30.7 Å². The number of hydrogen-bond donors (Lipinski definition) is 1. The number of halogens is 1. The van der Waals surface area contributed by atoms with Crippen LogP contribution in [-0.4, -0.2) is 45.4 Å². The highest BCUT2D eigenvalue weighted by atomic mass is 35.5. The van der Waals surface area contributed by atoms with E-state index in [0.717, 1.165) is 12.1 Å². The van der Waals surface area contributed by atoms with Gasteiger partial charge in [0.2, 0.25) is 0 Å². The highest BCUT2D eigenvalue weighted by Crippen LogP contribution is 2.27. The van der Waals surface area contributed by atoms with Crippen molar-refractivity contribution >= 4 is 11.6 Å². The van der Waals surface area contributed by atoms with E-state index in [1.807, 2.05) is 14.1 Å². The van der Waals surface area contributed by atoms with Gasteiger partial charge in [-0.1, -0.05) is 11.6 Å². The summed E-state index contributed by atoms with van der Waals surface area (Å²) in [5.41, 5.74) is 1.37. The number of hydrogen-bond acceptors (Lipinski definition) is 4. The molecule has 2 aromatic heterocycles. The van der Waals surface area contributed by atoms with E-state index in [4.69, 9.17) is 11.6 Å². The van der Waals surface area contributed by atoms with Crippen molar-refractivity contribution in [2.24, 2.45) is 0 Å². The van der Waals surface area contributed by atoms with Crippen LogP contribution in [-0.2, 0) is 6.54 Å². The maximum atomic E-state index is 10.4. The molecular weight excluding hydrogens is 264 g/mol. The van der Waals surface area contributed by atoms with Crippen LogP contribution in [0.2, 0.25) is 5.02 Å². The van der Waals surface area contributed by atoms with Crippen LogP contribution in [0.25, 0.3) is 0 Å². The van der Waals surface area contributed by atoms with Gasteiger partial charge in [-0.25, -0.2) is 0 Å². The van der Waals surface area contributed by atoms with Gasteiger partial charge in [-0.2, -0.15) is 5.10 Å². The molecule has 0 saturated carbocycles. The Kier molecular flexibility index (Phi) is 4.52. The molecular formula is C13H17ClN4O. The second-order valence-electron chi connectivity index (χ2n) is 4.59. The number of aromatic nitrogens is 3. The van der Waals surface area contributed by atoms with Gasteiger partial charge < -0.3 is 10.0 Å². The van der Waals surface area contributed by atoms with Gasteiger partial charge in [0.1, 0.15) is 6.10 Å². The number of rotatable bonds is 5. The molecule has 0 aromatic carbocycles. The van der Waals surface area contributed by atoms with Crippen molar-refractivity contribution < 1.29 is 5.11 Å². The first kappa shape index (κ1) is 14.0. The molecule has 0 fully saturated rings. The van der Waals surface area contributed by atoms with E-state index in [2.05, 4.69) is 15.0 Å². The summed E-state index contributed by atoms with van der Waals surface area (Å²) in [6, 6.07) is 3.54. The van der Waals surface area contributed by atoms with E-state index in [1.54, 1.807) is 35.4 Å². The molecule has 0 saturated heterocycles. The highest BCUT2D eigenvalue weighted by molar-refractivity contribution is 6.31. The van der Waals surface area contributed by atoms with Crippen molar-refractivity contribution in [3.05, 3.63) is 47.0 Å². The molecule has 2 aromatic rings. The van der Waals surface area contributed by atoms with Gasteiger partial charge in [0, 0.05) is 18.9 Å². The van der Waals surface area contributed by atoms with Gasteiger partial charge >= 0.3 is 0 Å². The number of nitrogens with zero attached hydrogens (tertiary/aromatic N) is 4. The standard InChI is InChI=1S/C13H17ClN4O/c1-17(2)7-8-18-12(11(14)9-16-18)13(19)10-3-5-15-6-4-10/h3-6,9,13,19H,7-8H2,1-2H3. The molecule has 0 amide bonds. The van der Waals surface area contributed by atoms with Crippen molar-refractivity contribution in [3.8, 4) is 0 Å². The molecule has 1 N–H and O–H groups in total. The average molecular weight is 281 g/mol. The smallest absolute Gasteiger partial charge is 0.122 e. The monoisotopic (exact) mass is 280 g/mol. The normalized spacial score (nSPS) is 12.9. The summed E-state index contributed by atoms with van der Waals surface area (Å²) in [6.07, 6.45) is 4.07. The molecule has 0 bridgehead atoms. The Morgan fingerprint density at radius 2 is 2.05 bits per heavy atom. The van der Waals surface area contributed by atoms with Crippen LogP contribution >= 0.6 is 11.6 Å². The molecule has 6 heteroatoms. The summed E-state index contributed by atoms with van der Waals surface area (Å²) in [5, 5.41) is 15.1. The zero-order valence-electron chi connectivity index (χ0n) is 11.0. The molecule has 2 rings (SSSR count). The van der Waals surface area contributed by atoms with Gasteiger partial charge in [-0.15, -0.1) is 0 Å². The van der Waals surface area contributed by atoms with Crippen molar-refractivity contribution in [2.75, 3.05) is 20.6 Å². The van der Waals surface area contributed by atoms with Gasteiger partial charge in [-0.05, 0) is 31.8 Å². The third-order valence-corrected chi connectivity index (χ3v) is 3.16. The summed E-state index contributed by atoms with van der Waals surface area (Å²) in [5.74, 6) is 0. The lowest BCUT2D eigenvalue weighted by molar-refractivity contribution is 0.205.